The molecule has 0 aromatic heterocycles. The quantitative estimate of drug-likeness (QED) is 0.227. The van der Waals surface area contributed by atoms with Crippen molar-refractivity contribution in [2.24, 2.45) is 0 Å². The van der Waals surface area contributed by atoms with Gasteiger partial charge < -0.3 is 10.2 Å². The van der Waals surface area contributed by atoms with Gasteiger partial charge in [0.15, 0.2) is 0 Å². The molecule has 5 aromatic carbocycles. The number of nitrogens with one attached hydrogen (secondary N) is 2. The van der Waals surface area contributed by atoms with E-state index in [2.05, 4.69) is 21.6 Å². The molecule has 0 fully saturated rings. The number of hydrogen-bond acceptors (Lipinski definition) is 4. The predicted octanol–water partition coefficient (Wildman–Crippen LogP) is 4.90. The van der Waals surface area contributed by atoms with Crippen LogP contribution >= 0.6 is 0 Å². The van der Waals surface area contributed by atoms with Crippen molar-refractivity contribution < 1.29 is 14.4 Å². The van der Waals surface area contributed by atoms with E-state index < -0.39 is 0 Å². The average molecular weight is 450 g/mol. The Balaban J connectivity index is 1.58. The molecule has 1 aliphatic rings. The van der Waals surface area contributed by atoms with Gasteiger partial charge in [-0.15, -0.1) is 0 Å². The summed E-state index contributed by atoms with van der Waals surface area (Å²) in [7, 11) is 4.00. The van der Waals surface area contributed by atoms with E-state index in [0.29, 0.717) is 22.9 Å². The maximum Gasteiger partial charge on any atom is 0.258 e. The van der Waals surface area contributed by atoms with Crippen LogP contribution in [0.3, 0.4) is 0 Å². The number of rotatable bonds is 5. The van der Waals surface area contributed by atoms with Crippen molar-refractivity contribution >= 4 is 66.5 Å². The highest BCUT2D eigenvalue weighted by Gasteiger charge is 2.27. The molecule has 1 heterocycles. The number of carbonyl (C=O) groups excluding carboxylic acids is 3. The number of imide groups is 1. The zero-order valence-corrected chi connectivity index (χ0v) is 19.0. The third-order valence-electron chi connectivity index (χ3n) is 6.78. The summed E-state index contributed by atoms with van der Waals surface area (Å²) in [6.07, 6.45) is 1.26. The molecule has 0 saturated carbocycles. The molecular formula is C28H23N3O3. The van der Waals surface area contributed by atoms with E-state index in [9.17, 15) is 14.4 Å². The van der Waals surface area contributed by atoms with Crippen LogP contribution in [0.5, 0.6) is 0 Å². The minimum Gasteiger partial charge on any atom is -0.326 e. The lowest BCUT2D eigenvalue weighted by Gasteiger charge is -2.21. The Morgan fingerprint density at radius 1 is 0.765 bits per heavy atom. The first kappa shape index (κ1) is 20.6. The van der Waals surface area contributed by atoms with Crippen LogP contribution in [0, 0.1) is 0 Å². The molecule has 168 valence electrons. The number of hydrogen-bond donors (Lipinski definition) is 2. The third-order valence-corrected chi connectivity index (χ3v) is 6.78. The van der Waals surface area contributed by atoms with E-state index in [0.717, 1.165) is 56.4 Å². The molecule has 34 heavy (non-hydrogen) atoms. The van der Waals surface area contributed by atoms with Gasteiger partial charge in [0.05, 0.1) is 0 Å². The molecule has 0 bridgehead atoms. The van der Waals surface area contributed by atoms with Crippen molar-refractivity contribution in [2.75, 3.05) is 26.0 Å². The summed E-state index contributed by atoms with van der Waals surface area (Å²) in [5, 5.41) is 13.3. The zero-order valence-electron chi connectivity index (χ0n) is 19.0. The summed E-state index contributed by atoms with van der Waals surface area (Å²) in [5.41, 5.74) is 1.83. The van der Waals surface area contributed by atoms with E-state index in [1.165, 1.54) is 0 Å². The van der Waals surface area contributed by atoms with E-state index in [1.807, 2.05) is 50.5 Å². The van der Waals surface area contributed by atoms with Gasteiger partial charge >= 0.3 is 0 Å². The Morgan fingerprint density at radius 2 is 1.35 bits per heavy atom. The first-order valence-electron chi connectivity index (χ1n) is 11.4. The van der Waals surface area contributed by atoms with Crippen molar-refractivity contribution in [3.8, 4) is 0 Å². The number of anilines is 1. The minimum atomic E-state index is -0.363. The van der Waals surface area contributed by atoms with Crippen molar-refractivity contribution in [3.63, 3.8) is 0 Å². The van der Waals surface area contributed by atoms with Gasteiger partial charge in [-0.2, -0.15) is 0 Å². The van der Waals surface area contributed by atoms with E-state index in [4.69, 9.17) is 0 Å². The van der Waals surface area contributed by atoms with Gasteiger partial charge in [-0.3, -0.25) is 19.7 Å². The van der Waals surface area contributed by atoms with E-state index >= 15 is 0 Å². The van der Waals surface area contributed by atoms with Gasteiger partial charge in [0.2, 0.25) is 5.91 Å². The average Bonchev–Trinajstić information content (AvgIpc) is 2.81. The highest BCUT2D eigenvalue weighted by Crippen LogP contribution is 2.44. The number of amides is 3. The molecule has 0 atom stereocenters. The minimum absolute atomic E-state index is 0.00168. The van der Waals surface area contributed by atoms with Crippen LogP contribution in [0.25, 0.3) is 43.1 Å². The van der Waals surface area contributed by atoms with Gasteiger partial charge in [-0.05, 0) is 77.6 Å². The second kappa shape index (κ2) is 7.50. The van der Waals surface area contributed by atoms with Crippen LogP contribution in [0.4, 0.5) is 5.69 Å². The van der Waals surface area contributed by atoms with Crippen molar-refractivity contribution in [1.82, 2.24) is 10.2 Å². The summed E-state index contributed by atoms with van der Waals surface area (Å²) in [5.74, 6) is -0.725. The first-order valence-corrected chi connectivity index (χ1v) is 11.4. The Labute approximate surface area is 195 Å². The summed E-state index contributed by atoms with van der Waals surface area (Å²) in [4.78, 5) is 39.8. The summed E-state index contributed by atoms with van der Waals surface area (Å²) >= 11 is 0. The molecule has 3 amide bonds. The fraction of sp³-hybridized carbons (Fsp3) is 0.179. The van der Waals surface area contributed by atoms with Gasteiger partial charge in [0.25, 0.3) is 11.8 Å². The van der Waals surface area contributed by atoms with Crippen LogP contribution < -0.4 is 10.6 Å². The van der Waals surface area contributed by atoms with Crippen LogP contribution in [0.2, 0.25) is 0 Å². The molecule has 1 aliphatic heterocycles. The molecule has 0 unspecified atom stereocenters. The molecule has 6 heteroatoms. The van der Waals surface area contributed by atoms with Crippen LogP contribution in [-0.2, 0) is 4.79 Å². The Hall–Kier alpha value is -4.03. The molecular weight excluding hydrogens is 426 g/mol. The molecule has 6 rings (SSSR count). The Bertz CT molecular complexity index is 1600. The molecule has 6 nitrogen and oxygen atoms in total. The topological polar surface area (TPSA) is 78.5 Å². The van der Waals surface area contributed by atoms with E-state index in [1.54, 1.807) is 12.1 Å². The monoisotopic (exact) mass is 449 g/mol. The molecule has 5 aromatic rings. The standard InChI is InChI=1S/C28H23N3O3/c1-31(2)14-4-7-23(32)29-22-13-12-16-18-9-11-21-26-20(27(33)30-28(21)34)10-8-17(25(18)26)15-5-3-6-19(22)24(15)16/h3,5-6,8-13H,4,7,14H2,1-2H3,(H,29,32)(H,30,33,34). The number of benzene rings is 5. The van der Waals surface area contributed by atoms with Crippen LogP contribution in [0.15, 0.2) is 54.6 Å². The number of nitrogens with zero attached hydrogens (tertiary/aromatic N) is 1. The van der Waals surface area contributed by atoms with E-state index in [-0.39, 0.29) is 17.7 Å². The number of fused-ring (bicyclic) bond motifs is 2. The highest BCUT2D eigenvalue weighted by molar-refractivity contribution is 6.39. The smallest absolute Gasteiger partial charge is 0.258 e. The van der Waals surface area contributed by atoms with Crippen molar-refractivity contribution in [2.45, 2.75) is 12.8 Å². The van der Waals surface area contributed by atoms with Gasteiger partial charge in [0.1, 0.15) is 0 Å². The summed E-state index contributed by atoms with van der Waals surface area (Å²) in [6.45, 7) is 0.864. The normalized spacial score (nSPS) is 13.5. The lowest BCUT2D eigenvalue weighted by Crippen LogP contribution is -2.34. The highest BCUT2D eigenvalue weighted by atomic mass is 16.2. The Kier molecular flexibility index (Phi) is 4.54. The maximum atomic E-state index is 12.6. The van der Waals surface area contributed by atoms with Crippen LogP contribution in [0.1, 0.15) is 33.6 Å². The second-order valence-electron chi connectivity index (χ2n) is 9.20. The lowest BCUT2D eigenvalue weighted by atomic mass is 9.85. The molecule has 0 saturated heterocycles. The van der Waals surface area contributed by atoms with Crippen molar-refractivity contribution in [1.29, 1.82) is 0 Å². The number of carbonyl (C=O) groups is 3. The predicted molar refractivity (Wildman–Crippen MR) is 136 cm³/mol. The maximum absolute atomic E-state index is 12.6. The van der Waals surface area contributed by atoms with Crippen LogP contribution in [-0.4, -0.2) is 43.3 Å². The fourth-order valence-corrected chi connectivity index (χ4v) is 5.29. The second-order valence-corrected chi connectivity index (χ2v) is 9.20. The summed E-state index contributed by atoms with van der Waals surface area (Å²) in [6, 6.07) is 17.6. The molecule has 0 radical (unpaired) electrons. The molecule has 0 aliphatic carbocycles. The SMILES string of the molecule is CN(C)CCCC(=O)Nc1ccc2c3ccc4c5c(ccc(c6cccc1c62)c53)C(=O)NC4=O. The lowest BCUT2D eigenvalue weighted by molar-refractivity contribution is -0.116. The molecule has 0 spiro atoms. The zero-order chi connectivity index (χ0) is 23.6. The third kappa shape index (κ3) is 2.96. The van der Waals surface area contributed by atoms with Gasteiger partial charge in [-0.25, -0.2) is 0 Å². The summed E-state index contributed by atoms with van der Waals surface area (Å²) < 4.78 is 0. The molecule has 2 N–H and O–H groups in total. The first-order chi connectivity index (χ1) is 16.4. The largest absolute Gasteiger partial charge is 0.326 e. The van der Waals surface area contributed by atoms with Gasteiger partial charge in [0, 0.05) is 34.0 Å². The fourth-order valence-electron chi connectivity index (χ4n) is 5.29. The van der Waals surface area contributed by atoms with Crippen molar-refractivity contribution in [3.05, 3.63) is 65.7 Å². The Morgan fingerprint density at radius 3 is 2.03 bits per heavy atom. The van der Waals surface area contributed by atoms with Gasteiger partial charge in [-0.1, -0.05) is 36.4 Å².